The van der Waals surface area contributed by atoms with Crippen molar-refractivity contribution in [1.82, 2.24) is 9.62 Å². The molecule has 138 valence electrons. The van der Waals surface area contributed by atoms with E-state index >= 15 is 0 Å². The molecule has 2 rings (SSSR count). The van der Waals surface area contributed by atoms with E-state index in [1.807, 2.05) is 35.8 Å². The van der Waals surface area contributed by atoms with Crippen LogP contribution in [0.4, 0.5) is 0 Å². The number of nitrogens with one attached hydrogen (secondary N) is 1. The third kappa shape index (κ3) is 4.73. The second-order valence-corrected chi connectivity index (χ2v) is 8.90. The van der Waals surface area contributed by atoms with Crippen LogP contribution in [0, 0.1) is 0 Å². The Labute approximate surface area is 160 Å². The van der Waals surface area contributed by atoms with Crippen LogP contribution in [0.3, 0.4) is 0 Å². The van der Waals surface area contributed by atoms with Crippen LogP contribution in [0.2, 0.25) is 0 Å². The van der Waals surface area contributed by atoms with Crippen LogP contribution in [0.5, 0.6) is 11.5 Å². The number of likely N-dealkylation sites (N-methyl/N-ethyl adjacent to an activating group) is 1. The molecule has 0 bridgehead atoms. The Kier molecular flexibility index (Phi) is 6.86. The highest BCUT2D eigenvalue weighted by molar-refractivity contribution is 9.10. The number of hydrogen-bond acceptors (Lipinski definition) is 6. The van der Waals surface area contributed by atoms with Gasteiger partial charge in [-0.1, -0.05) is 0 Å². The number of hydrogen-bond donors (Lipinski definition) is 1. The quantitative estimate of drug-likeness (QED) is 0.671. The summed E-state index contributed by atoms with van der Waals surface area (Å²) in [7, 11) is 3.08. The Balaban J connectivity index is 2.27. The fraction of sp³-hybridized carbons (Fsp3) is 0.375. The van der Waals surface area contributed by atoms with Gasteiger partial charge < -0.3 is 14.4 Å². The zero-order valence-electron chi connectivity index (χ0n) is 14.4. The van der Waals surface area contributed by atoms with Crippen LogP contribution >= 0.6 is 27.3 Å². The van der Waals surface area contributed by atoms with Gasteiger partial charge in [-0.3, -0.25) is 0 Å². The van der Waals surface area contributed by atoms with E-state index < -0.39 is 10.0 Å². The number of rotatable bonds is 8. The van der Waals surface area contributed by atoms with Crippen molar-refractivity contribution in [2.75, 3.05) is 34.9 Å². The summed E-state index contributed by atoms with van der Waals surface area (Å²) in [4.78, 5) is 2.08. The summed E-state index contributed by atoms with van der Waals surface area (Å²) in [6.07, 6.45) is 0. The molecular weight excluding hydrogens is 428 g/mol. The van der Waals surface area contributed by atoms with Crippen molar-refractivity contribution >= 4 is 37.3 Å². The van der Waals surface area contributed by atoms with Crippen molar-refractivity contribution in [3.05, 3.63) is 39.0 Å². The maximum absolute atomic E-state index is 12.8. The molecule has 0 aliphatic heterocycles. The van der Waals surface area contributed by atoms with Gasteiger partial charge in [-0.2, -0.15) is 11.3 Å². The molecule has 0 saturated heterocycles. The molecule has 1 heterocycles. The van der Waals surface area contributed by atoms with Gasteiger partial charge >= 0.3 is 0 Å². The first-order chi connectivity index (χ1) is 11.8. The molecule has 0 aliphatic carbocycles. The average Bonchev–Trinajstić information content (AvgIpc) is 3.08. The normalized spacial score (nSPS) is 13.0. The minimum Gasteiger partial charge on any atom is -0.493 e. The minimum absolute atomic E-state index is 0.0556. The number of halogens is 1. The van der Waals surface area contributed by atoms with Gasteiger partial charge in [-0.05, 0) is 58.5 Å². The maximum atomic E-state index is 12.8. The Morgan fingerprint density at radius 2 is 1.88 bits per heavy atom. The minimum atomic E-state index is -3.72. The van der Waals surface area contributed by atoms with Crippen molar-refractivity contribution in [2.45, 2.75) is 10.9 Å². The number of thiophene rings is 1. The summed E-state index contributed by atoms with van der Waals surface area (Å²) in [5, 5.41) is 4.00. The Morgan fingerprint density at radius 1 is 1.24 bits per heavy atom. The molecule has 6 nitrogen and oxygen atoms in total. The van der Waals surface area contributed by atoms with Crippen molar-refractivity contribution < 1.29 is 17.9 Å². The van der Waals surface area contributed by atoms with Crippen molar-refractivity contribution in [2.24, 2.45) is 0 Å². The van der Waals surface area contributed by atoms with Gasteiger partial charge in [0.05, 0.1) is 14.2 Å². The Hall–Kier alpha value is -1.13. The van der Waals surface area contributed by atoms with Crippen molar-refractivity contribution in [3.8, 4) is 11.5 Å². The predicted molar refractivity (Wildman–Crippen MR) is 103 cm³/mol. The van der Waals surface area contributed by atoms with Crippen LogP contribution in [-0.2, 0) is 10.0 Å². The lowest BCUT2D eigenvalue weighted by Crippen LogP contribution is -2.34. The lowest BCUT2D eigenvalue weighted by atomic mass is 10.1. The lowest BCUT2D eigenvalue weighted by molar-refractivity contribution is 0.300. The Bertz CT molecular complexity index is 808. The van der Waals surface area contributed by atoms with E-state index in [0.29, 0.717) is 16.0 Å². The number of ether oxygens (including phenoxy) is 2. The SMILES string of the molecule is COc1cc(Br)c(S(=O)(=O)NCC(c2ccsc2)N(C)C)cc1OC. The summed E-state index contributed by atoms with van der Waals surface area (Å²) in [6, 6.07) is 4.96. The van der Waals surface area contributed by atoms with E-state index in [1.54, 1.807) is 17.4 Å². The van der Waals surface area contributed by atoms with E-state index in [1.165, 1.54) is 20.3 Å². The van der Waals surface area contributed by atoms with Crippen molar-refractivity contribution in [3.63, 3.8) is 0 Å². The molecule has 1 unspecified atom stereocenters. The molecule has 0 aliphatic rings. The van der Waals surface area contributed by atoms with Gasteiger partial charge in [-0.15, -0.1) is 0 Å². The molecule has 1 aromatic heterocycles. The first kappa shape index (κ1) is 20.2. The Morgan fingerprint density at radius 3 is 2.40 bits per heavy atom. The fourth-order valence-electron chi connectivity index (χ4n) is 2.37. The average molecular weight is 449 g/mol. The number of sulfonamides is 1. The smallest absolute Gasteiger partial charge is 0.241 e. The predicted octanol–water partition coefficient (Wildman–Crippen LogP) is 3.11. The van der Waals surface area contributed by atoms with Gasteiger partial charge in [0.1, 0.15) is 4.90 Å². The van der Waals surface area contributed by atoms with E-state index in [9.17, 15) is 8.42 Å². The molecule has 1 N–H and O–H groups in total. The van der Waals surface area contributed by atoms with E-state index in [-0.39, 0.29) is 17.5 Å². The van der Waals surface area contributed by atoms with Gasteiger partial charge in [0.2, 0.25) is 10.0 Å². The molecule has 25 heavy (non-hydrogen) atoms. The van der Waals surface area contributed by atoms with E-state index in [0.717, 1.165) is 5.56 Å². The number of nitrogens with zero attached hydrogens (tertiary/aromatic N) is 1. The summed E-state index contributed by atoms with van der Waals surface area (Å²) in [6.45, 7) is 0.257. The number of benzene rings is 1. The van der Waals surface area contributed by atoms with Crippen LogP contribution in [0.25, 0.3) is 0 Å². The van der Waals surface area contributed by atoms with E-state index in [2.05, 4.69) is 20.7 Å². The highest BCUT2D eigenvalue weighted by Gasteiger charge is 2.24. The van der Waals surface area contributed by atoms with Gasteiger partial charge in [0.15, 0.2) is 11.5 Å². The summed E-state index contributed by atoms with van der Waals surface area (Å²) in [5.74, 6) is 0.811. The second-order valence-electron chi connectivity index (χ2n) is 5.53. The molecule has 0 amide bonds. The molecule has 0 fully saturated rings. The topological polar surface area (TPSA) is 67.9 Å². The molecule has 1 aromatic carbocycles. The molecule has 0 radical (unpaired) electrons. The van der Waals surface area contributed by atoms with Crippen LogP contribution in [0.1, 0.15) is 11.6 Å². The third-order valence-electron chi connectivity index (χ3n) is 3.75. The second kappa shape index (κ2) is 8.50. The zero-order valence-corrected chi connectivity index (χ0v) is 17.7. The fourth-order valence-corrected chi connectivity index (χ4v) is 5.15. The monoisotopic (exact) mass is 448 g/mol. The highest BCUT2D eigenvalue weighted by atomic mass is 79.9. The molecule has 1 atom stereocenters. The molecule has 2 aromatic rings. The zero-order chi connectivity index (χ0) is 18.6. The molecular formula is C16H21BrN2O4S2. The molecule has 0 spiro atoms. The van der Waals surface area contributed by atoms with Gasteiger partial charge in [-0.25, -0.2) is 13.1 Å². The van der Waals surface area contributed by atoms with Gasteiger partial charge in [0, 0.05) is 23.1 Å². The molecule has 9 heteroatoms. The van der Waals surface area contributed by atoms with Crippen molar-refractivity contribution in [1.29, 1.82) is 0 Å². The van der Waals surface area contributed by atoms with Crippen LogP contribution < -0.4 is 14.2 Å². The largest absolute Gasteiger partial charge is 0.493 e. The highest BCUT2D eigenvalue weighted by Crippen LogP contribution is 2.35. The first-order valence-electron chi connectivity index (χ1n) is 7.40. The lowest BCUT2D eigenvalue weighted by Gasteiger charge is -2.24. The van der Waals surface area contributed by atoms with Gasteiger partial charge in [0.25, 0.3) is 0 Å². The first-order valence-corrected chi connectivity index (χ1v) is 10.6. The summed E-state index contributed by atoms with van der Waals surface area (Å²) < 4.78 is 39.0. The number of methoxy groups -OCH3 is 2. The standard InChI is InChI=1S/C16H21BrN2O4S2/c1-19(2)13(11-5-6-24-10-11)9-18-25(20,21)16-8-15(23-4)14(22-3)7-12(16)17/h5-8,10,13,18H,9H2,1-4H3. The van der Waals surface area contributed by atoms with Crippen LogP contribution in [0.15, 0.2) is 38.3 Å². The third-order valence-corrected chi connectivity index (χ3v) is 6.83. The van der Waals surface area contributed by atoms with Crippen LogP contribution in [-0.4, -0.2) is 48.2 Å². The maximum Gasteiger partial charge on any atom is 0.241 e. The summed E-state index contributed by atoms with van der Waals surface area (Å²) in [5.41, 5.74) is 1.07. The van der Waals surface area contributed by atoms with E-state index in [4.69, 9.17) is 9.47 Å². The summed E-state index contributed by atoms with van der Waals surface area (Å²) >= 11 is 4.88. The molecule has 0 saturated carbocycles.